The summed E-state index contributed by atoms with van der Waals surface area (Å²) in [4.78, 5) is 26.1. The van der Waals surface area contributed by atoms with Gasteiger partial charge in [-0.25, -0.2) is 0 Å². The molecule has 0 spiro atoms. The van der Waals surface area contributed by atoms with Crippen molar-refractivity contribution in [1.82, 2.24) is 10.1 Å². The van der Waals surface area contributed by atoms with Crippen LogP contribution in [0, 0.1) is 6.92 Å². The molecular formula is C16H17Cl2N3O3. The minimum atomic E-state index is -0.360. The van der Waals surface area contributed by atoms with Crippen molar-refractivity contribution < 1.29 is 14.1 Å². The second kappa shape index (κ2) is 8.17. The van der Waals surface area contributed by atoms with Gasteiger partial charge in [0.15, 0.2) is 5.69 Å². The predicted molar refractivity (Wildman–Crippen MR) is 92.5 cm³/mol. The fourth-order valence-electron chi connectivity index (χ4n) is 2.11. The monoisotopic (exact) mass is 369 g/mol. The molecule has 8 heteroatoms. The SMILES string of the molecule is CCCN(CC(=O)Nc1ccc(Cl)cc1Cl)C(=O)c1cc(C)on1. The molecule has 0 saturated heterocycles. The summed E-state index contributed by atoms with van der Waals surface area (Å²) in [6.45, 7) is 3.93. The Kier molecular flexibility index (Phi) is 6.23. The Morgan fingerprint density at radius 3 is 2.62 bits per heavy atom. The van der Waals surface area contributed by atoms with Gasteiger partial charge >= 0.3 is 0 Å². The number of amides is 2. The van der Waals surface area contributed by atoms with Gasteiger partial charge in [-0.3, -0.25) is 9.59 Å². The van der Waals surface area contributed by atoms with Crippen molar-refractivity contribution in [2.45, 2.75) is 20.3 Å². The Bertz CT molecular complexity index is 746. The molecule has 0 fully saturated rings. The number of anilines is 1. The first kappa shape index (κ1) is 18.3. The van der Waals surface area contributed by atoms with E-state index in [1.54, 1.807) is 25.1 Å². The number of hydrogen-bond acceptors (Lipinski definition) is 4. The molecule has 2 rings (SSSR count). The van der Waals surface area contributed by atoms with Crippen LogP contribution >= 0.6 is 23.2 Å². The van der Waals surface area contributed by atoms with Gasteiger partial charge in [0, 0.05) is 17.6 Å². The van der Waals surface area contributed by atoms with E-state index in [4.69, 9.17) is 27.7 Å². The molecule has 0 radical (unpaired) electrons. The first-order valence-corrected chi connectivity index (χ1v) is 8.13. The second-order valence-electron chi connectivity index (χ2n) is 5.22. The van der Waals surface area contributed by atoms with Crippen molar-refractivity contribution in [3.8, 4) is 0 Å². The maximum atomic E-state index is 12.4. The average Bonchev–Trinajstić information content (AvgIpc) is 2.95. The number of benzene rings is 1. The van der Waals surface area contributed by atoms with Crippen molar-refractivity contribution >= 4 is 40.7 Å². The molecule has 1 aromatic carbocycles. The first-order chi connectivity index (χ1) is 11.4. The van der Waals surface area contributed by atoms with E-state index in [2.05, 4.69) is 10.5 Å². The van der Waals surface area contributed by atoms with Gasteiger partial charge in [-0.15, -0.1) is 0 Å². The van der Waals surface area contributed by atoms with Crippen LogP contribution in [0.4, 0.5) is 5.69 Å². The van der Waals surface area contributed by atoms with Crippen molar-refractivity contribution in [3.63, 3.8) is 0 Å². The van der Waals surface area contributed by atoms with E-state index in [1.165, 1.54) is 11.0 Å². The molecule has 0 unspecified atom stereocenters. The van der Waals surface area contributed by atoms with E-state index in [0.717, 1.165) is 0 Å². The van der Waals surface area contributed by atoms with Gasteiger partial charge in [0.2, 0.25) is 5.91 Å². The van der Waals surface area contributed by atoms with Crippen LogP contribution in [0.25, 0.3) is 0 Å². The molecule has 0 aliphatic heterocycles. The van der Waals surface area contributed by atoms with Gasteiger partial charge in [-0.1, -0.05) is 35.3 Å². The quantitative estimate of drug-likeness (QED) is 0.840. The number of aromatic nitrogens is 1. The number of carbonyl (C=O) groups is 2. The number of nitrogens with one attached hydrogen (secondary N) is 1. The molecule has 0 atom stereocenters. The fourth-order valence-corrected chi connectivity index (χ4v) is 2.56. The Morgan fingerprint density at radius 1 is 1.29 bits per heavy atom. The van der Waals surface area contributed by atoms with Crippen LogP contribution in [-0.2, 0) is 4.79 Å². The Balaban J connectivity index is 2.06. The Labute approximate surface area is 149 Å². The zero-order valence-electron chi connectivity index (χ0n) is 13.3. The summed E-state index contributed by atoms with van der Waals surface area (Å²) in [5.41, 5.74) is 0.616. The normalized spacial score (nSPS) is 10.5. The molecule has 1 aromatic heterocycles. The molecule has 24 heavy (non-hydrogen) atoms. The lowest BCUT2D eigenvalue weighted by Crippen LogP contribution is -2.38. The summed E-state index contributed by atoms with van der Waals surface area (Å²) < 4.78 is 4.91. The highest BCUT2D eigenvalue weighted by Crippen LogP contribution is 2.25. The highest BCUT2D eigenvalue weighted by Gasteiger charge is 2.21. The lowest BCUT2D eigenvalue weighted by Gasteiger charge is -2.20. The lowest BCUT2D eigenvalue weighted by atomic mass is 10.3. The Morgan fingerprint density at radius 2 is 2.04 bits per heavy atom. The lowest BCUT2D eigenvalue weighted by molar-refractivity contribution is -0.116. The van der Waals surface area contributed by atoms with E-state index in [0.29, 0.717) is 34.5 Å². The van der Waals surface area contributed by atoms with E-state index in [-0.39, 0.29) is 24.1 Å². The summed E-state index contributed by atoms with van der Waals surface area (Å²) in [5.74, 6) is -0.181. The van der Waals surface area contributed by atoms with E-state index in [9.17, 15) is 9.59 Å². The van der Waals surface area contributed by atoms with Crippen molar-refractivity contribution in [3.05, 3.63) is 45.8 Å². The molecule has 2 amide bonds. The number of halogens is 2. The summed E-state index contributed by atoms with van der Waals surface area (Å²) in [6.07, 6.45) is 0.706. The third-order valence-corrected chi connectivity index (χ3v) is 3.72. The van der Waals surface area contributed by atoms with Crippen LogP contribution in [0.15, 0.2) is 28.8 Å². The summed E-state index contributed by atoms with van der Waals surface area (Å²) in [6, 6.07) is 6.30. The predicted octanol–water partition coefficient (Wildman–Crippen LogP) is 3.78. The number of nitrogens with zero attached hydrogens (tertiary/aromatic N) is 2. The average molecular weight is 370 g/mol. The van der Waals surface area contributed by atoms with Gasteiger partial charge in [0.1, 0.15) is 12.3 Å². The third kappa shape index (κ3) is 4.72. The molecule has 128 valence electrons. The number of rotatable bonds is 6. The summed E-state index contributed by atoms with van der Waals surface area (Å²) in [7, 11) is 0. The second-order valence-corrected chi connectivity index (χ2v) is 6.07. The smallest absolute Gasteiger partial charge is 0.276 e. The minimum absolute atomic E-state index is 0.114. The maximum Gasteiger partial charge on any atom is 0.276 e. The summed E-state index contributed by atoms with van der Waals surface area (Å²) >= 11 is 11.9. The molecule has 1 N–H and O–H groups in total. The Hall–Kier alpha value is -2.05. The molecule has 6 nitrogen and oxygen atoms in total. The van der Waals surface area contributed by atoms with Crippen molar-refractivity contribution in [1.29, 1.82) is 0 Å². The molecule has 0 aliphatic carbocycles. The third-order valence-electron chi connectivity index (χ3n) is 3.17. The largest absolute Gasteiger partial charge is 0.361 e. The highest BCUT2D eigenvalue weighted by molar-refractivity contribution is 6.36. The summed E-state index contributed by atoms with van der Waals surface area (Å²) in [5, 5.41) is 7.18. The molecule has 0 aliphatic rings. The van der Waals surface area contributed by atoms with Crippen LogP contribution in [0.2, 0.25) is 10.0 Å². The van der Waals surface area contributed by atoms with Crippen LogP contribution in [0.1, 0.15) is 29.6 Å². The molecule has 0 saturated carbocycles. The fraction of sp³-hybridized carbons (Fsp3) is 0.312. The van der Waals surface area contributed by atoms with Gasteiger partial charge in [0.25, 0.3) is 5.91 Å². The number of carbonyl (C=O) groups excluding carboxylic acids is 2. The van der Waals surface area contributed by atoms with E-state index in [1.807, 2.05) is 6.92 Å². The maximum absolute atomic E-state index is 12.4. The molecular weight excluding hydrogens is 353 g/mol. The zero-order valence-corrected chi connectivity index (χ0v) is 14.8. The number of aryl methyl sites for hydroxylation is 1. The standard InChI is InChI=1S/C16H17Cl2N3O3/c1-3-6-21(16(23)14-7-10(2)24-20-14)9-15(22)19-13-5-4-11(17)8-12(13)18/h4-5,7-8H,3,6,9H2,1-2H3,(H,19,22). The van der Waals surface area contributed by atoms with Crippen LogP contribution < -0.4 is 5.32 Å². The van der Waals surface area contributed by atoms with Crippen LogP contribution in [0.3, 0.4) is 0 Å². The van der Waals surface area contributed by atoms with Gasteiger partial charge in [0.05, 0.1) is 10.7 Å². The molecule has 0 bridgehead atoms. The number of hydrogen-bond donors (Lipinski definition) is 1. The topological polar surface area (TPSA) is 75.4 Å². The van der Waals surface area contributed by atoms with E-state index >= 15 is 0 Å². The highest BCUT2D eigenvalue weighted by atomic mass is 35.5. The van der Waals surface area contributed by atoms with Gasteiger partial charge in [-0.05, 0) is 31.5 Å². The van der Waals surface area contributed by atoms with Crippen molar-refractivity contribution in [2.75, 3.05) is 18.4 Å². The molecule has 2 aromatic rings. The first-order valence-electron chi connectivity index (χ1n) is 7.38. The zero-order chi connectivity index (χ0) is 17.7. The van der Waals surface area contributed by atoms with Crippen LogP contribution in [0.5, 0.6) is 0 Å². The minimum Gasteiger partial charge on any atom is -0.361 e. The van der Waals surface area contributed by atoms with Gasteiger partial charge < -0.3 is 14.7 Å². The van der Waals surface area contributed by atoms with Crippen molar-refractivity contribution in [2.24, 2.45) is 0 Å². The van der Waals surface area contributed by atoms with Gasteiger partial charge in [-0.2, -0.15) is 0 Å². The van der Waals surface area contributed by atoms with Crippen LogP contribution in [-0.4, -0.2) is 35.0 Å². The van der Waals surface area contributed by atoms with E-state index < -0.39 is 0 Å². The molecule has 1 heterocycles.